The van der Waals surface area contributed by atoms with Gasteiger partial charge in [0, 0.05) is 6.07 Å². The number of rotatable bonds is 2. The third kappa shape index (κ3) is 1.92. The summed E-state index contributed by atoms with van der Waals surface area (Å²) in [5, 5.41) is 7.49. The van der Waals surface area contributed by atoms with Crippen LogP contribution in [-0.4, -0.2) is 24.4 Å². The van der Waals surface area contributed by atoms with Gasteiger partial charge in [-0.3, -0.25) is 0 Å². The molecule has 0 saturated heterocycles. The maximum Gasteiger partial charge on any atom is 0.247 e. The van der Waals surface area contributed by atoms with E-state index in [1.807, 2.05) is 0 Å². The van der Waals surface area contributed by atoms with Gasteiger partial charge in [-0.25, -0.2) is 0 Å². The smallest absolute Gasteiger partial charge is 0.247 e. The topological polar surface area (TPSA) is 44.2 Å². The molecule has 0 aliphatic carbocycles. The molecule has 0 fully saturated rings. The van der Waals surface area contributed by atoms with E-state index in [2.05, 4.69) is 32.8 Å². The second-order valence-electron chi connectivity index (χ2n) is 1.74. The van der Waals surface area contributed by atoms with Gasteiger partial charge in [-0.05, 0) is 22.6 Å². The Kier molecular flexibility index (Phi) is 2.86. The zero-order chi connectivity index (χ0) is 8.27. The highest BCUT2D eigenvalue weighted by Gasteiger charge is 2.03. The van der Waals surface area contributed by atoms with Crippen molar-refractivity contribution in [1.29, 1.82) is 0 Å². The Morgan fingerprint density at radius 2 is 2.00 bits per heavy atom. The van der Waals surface area contributed by atoms with Crippen molar-refractivity contribution in [1.82, 2.24) is 10.2 Å². The molecule has 0 N–H and O–H groups in total. The second kappa shape index (κ2) is 3.70. The molecule has 0 saturated carbocycles. The Morgan fingerprint density at radius 1 is 1.27 bits per heavy atom. The molecule has 1 aromatic heterocycles. The van der Waals surface area contributed by atoms with Crippen molar-refractivity contribution in [2.24, 2.45) is 0 Å². The van der Waals surface area contributed by atoms with Crippen LogP contribution in [0.2, 0.25) is 0 Å². The van der Waals surface area contributed by atoms with Crippen molar-refractivity contribution >= 4 is 22.6 Å². The first-order valence-electron chi connectivity index (χ1n) is 2.89. The number of nitrogens with zero attached hydrogens (tertiary/aromatic N) is 2. The van der Waals surface area contributed by atoms with Crippen LogP contribution < -0.4 is 9.47 Å². The van der Waals surface area contributed by atoms with E-state index in [-0.39, 0.29) is 0 Å². The third-order valence-corrected chi connectivity index (χ3v) is 1.87. The molecule has 4 nitrogen and oxygen atoms in total. The van der Waals surface area contributed by atoms with Crippen molar-refractivity contribution in [3.63, 3.8) is 0 Å². The number of methoxy groups -OCH3 is 2. The average Bonchev–Trinajstić information content (AvgIpc) is 2.04. The van der Waals surface area contributed by atoms with Crippen LogP contribution >= 0.6 is 22.6 Å². The molecule has 0 bridgehead atoms. The molecule has 0 unspecified atom stereocenters. The molecule has 1 heterocycles. The van der Waals surface area contributed by atoms with Crippen LogP contribution in [0.1, 0.15) is 0 Å². The summed E-state index contributed by atoms with van der Waals surface area (Å²) in [4.78, 5) is 0. The predicted octanol–water partition coefficient (Wildman–Crippen LogP) is 1.10. The fourth-order valence-electron chi connectivity index (χ4n) is 0.580. The summed E-state index contributed by atoms with van der Waals surface area (Å²) in [6.07, 6.45) is 0. The fourth-order valence-corrected chi connectivity index (χ4v) is 1.17. The SMILES string of the molecule is COc1cc(I)c(OC)nn1. The largest absolute Gasteiger partial charge is 0.480 e. The van der Waals surface area contributed by atoms with E-state index in [9.17, 15) is 0 Å². The zero-order valence-electron chi connectivity index (χ0n) is 6.17. The maximum absolute atomic E-state index is 4.91. The van der Waals surface area contributed by atoms with E-state index in [0.29, 0.717) is 11.8 Å². The van der Waals surface area contributed by atoms with Gasteiger partial charge in [0.05, 0.1) is 17.8 Å². The van der Waals surface area contributed by atoms with Crippen LogP contribution in [0.25, 0.3) is 0 Å². The van der Waals surface area contributed by atoms with Gasteiger partial charge in [0.2, 0.25) is 11.8 Å². The van der Waals surface area contributed by atoms with Gasteiger partial charge in [0.1, 0.15) is 0 Å². The summed E-state index contributed by atoms with van der Waals surface area (Å²) in [6, 6.07) is 1.76. The molecule has 60 valence electrons. The monoisotopic (exact) mass is 266 g/mol. The van der Waals surface area contributed by atoms with Crippen molar-refractivity contribution in [3.05, 3.63) is 9.64 Å². The van der Waals surface area contributed by atoms with Gasteiger partial charge in [-0.1, -0.05) is 0 Å². The molecule has 0 spiro atoms. The Bertz CT molecular complexity index is 254. The van der Waals surface area contributed by atoms with Crippen molar-refractivity contribution in [2.75, 3.05) is 14.2 Å². The molecule has 0 atom stereocenters. The highest BCUT2D eigenvalue weighted by Crippen LogP contribution is 2.19. The first-order chi connectivity index (χ1) is 5.27. The molecule has 0 aliphatic heterocycles. The molecule has 0 aromatic carbocycles. The van der Waals surface area contributed by atoms with Crippen LogP contribution in [0.5, 0.6) is 11.8 Å². The minimum absolute atomic E-state index is 0.496. The van der Waals surface area contributed by atoms with E-state index in [0.717, 1.165) is 3.57 Å². The molecule has 0 radical (unpaired) electrons. The molecular weight excluding hydrogens is 259 g/mol. The first-order valence-corrected chi connectivity index (χ1v) is 3.97. The quantitative estimate of drug-likeness (QED) is 0.752. The minimum Gasteiger partial charge on any atom is -0.480 e. The van der Waals surface area contributed by atoms with Crippen molar-refractivity contribution < 1.29 is 9.47 Å². The minimum atomic E-state index is 0.496. The van der Waals surface area contributed by atoms with Gasteiger partial charge >= 0.3 is 0 Å². The van der Waals surface area contributed by atoms with Crippen LogP contribution in [0, 0.1) is 3.57 Å². The lowest BCUT2D eigenvalue weighted by Crippen LogP contribution is -1.96. The maximum atomic E-state index is 4.91. The summed E-state index contributed by atoms with van der Waals surface area (Å²) >= 11 is 2.10. The summed E-state index contributed by atoms with van der Waals surface area (Å²) in [6.45, 7) is 0. The van der Waals surface area contributed by atoms with E-state index in [4.69, 9.17) is 9.47 Å². The second-order valence-corrected chi connectivity index (χ2v) is 2.91. The summed E-state index contributed by atoms with van der Waals surface area (Å²) in [5.41, 5.74) is 0. The lowest BCUT2D eigenvalue weighted by atomic mass is 10.5. The van der Waals surface area contributed by atoms with Crippen molar-refractivity contribution in [3.8, 4) is 11.8 Å². The standard InChI is InChI=1S/C6H7IN2O2/c1-10-5-3-4(7)6(11-2)9-8-5/h3H,1-2H3. The number of aromatic nitrogens is 2. The molecule has 1 rings (SSSR count). The number of ether oxygens (including phenoxy) is 2. The van der Waals surface area contributed by atoms with E-state index in [1.165, 1.54) is 0 Å². The molecule has 0 amide bonds. The van der Waals surface area contributed by atoms with Gasteiger partial charge in [0.15, 0.2) is 0 Å². The van der Waals surface area contributed by atoms with Crippen LogP contribution in [0.15, 0.2) is 6.07 Å². The fraction of sp³-hybridized carbons (Fsp3) is 0.333. The number of hydrogen-bond acceptors (Lipinski definition) is 4. The lowest BCUT2D eigenvalue weighted by Gasteiger charge is -2.01. The van der Waals surface area contributed by atoms with E-state index in [1.54, 1.807) is 20.3 Å². The molecule has 0 aliphatic rings. The van der Waals surface area contributed by atoms with Crippen molar-refractivity contribution in [2.45, 2.75) is 0 Å². The van der Waals surface area contributed by atoms with Gasteiger partial charge in [0.25, 0.3) is 0 Å². The zero-order valence-corrected chi connectivity index (χ0v) is 8.32. The van der Waals surface area contributed by atoms with Gasteiger partial charge in [-0.2, -0.15) is 0 Å². The Hall–Kier alpha value is -0.590. The van der Waals surface area contributed by atoms with Crippen LogP contribution in [-0.2, 0) is 0 Å². The number of hydrogen-bond donors (Lipinski definition) is 0. The molecule has 5 heteroatoms. The summed E-state index contributed by atoms with van der Waals surface area (Å²) in [5.74, 6) is 1.02. The normalized spacial score (nSPS) is 9.36. The Morgan fingerprint density at radius 3 is 2.45 bits per heavy atom. The van der Waals surface area contributed by atoms with Gasteiger partial charge < -0.3 is 9.47 Å². The number of halogens is 1. The first kappa shape index (κ1) is 8.51. The molecule has 11 heavy (non-hydrogen) atoms. The molecular formula is C6H7IN2O2. The highest BCUT2D eigenvalue weighted by atomic mass is 127. The van der Waals surface area contributed by atoms with E-state index < -0.39 is 0 Å². The predicted molar refractivity (Wildman–Crippen MR) is 47.9 cm³/mol. The summed E-state index contributed by atoms with van der Waals surface area (Å²) in [7, 11) is 3.10. The summed E-state index contributed by atoms with van der Waals surface area (Å²) < 4.78 is 10.7. The third-order valence-electron chi connectivity index (χ3n) is 1.10. The molecule has 1 aromatic rings. The van der Waals surface area contributed by atoms with Gasteiger partial charge in [-0.15, -0.1) is 10.2 Å². The average molecular weight is 266 g/mol. The lowest BCUT2D eigenvalue weighted by molar-refractivity contribution is 0.364. The van der Waals surface area contributed by atoms with E-state index >= 15 is 0 Å². The van der Waals surface area contributed by atoms with Crippen LogP contribution in [0.3, 0.4) is 0 Å². The highest BCUT2D eigenvalue weighted by molar-refractivity contribution is 14.1. The Labute approximate surface area is 78.1 Å². The van der Waals surface area contributed by atoms with Crippen LogP contribution in [0.4, 0.5) is 0 Å². The Balaban J connectivity index is 2.99.